The fourth-order valence-electron chi connectivity index (χ4n) is 3.08. The van der Waals surface area contributed by atoms with Gasteiger partial charge < -0.3 is 15.0 Å². The summed E-state index contributed by atoms with van der Waals surface area (Å²) < 4.78 is 45.1. The number of nitrogens with zero attached hydrogens (tertiary/aromatic N) is 4. The number of aromatic nitrogens is 3. The van der Waals surface area contributed by atoms with Gasteiger partial charge in [-0.05, 0) is 24.3 Å². The third-order valence-electron chi connectivity index (χ3n) is 4.46. The van der Waals surface area contributed by atoms with E-state index < -0.39 is 29.9 Å². The van der Waals surface area contributed by atoms with Gasteiger partial charge in [-0.1, -0.05) is 12.1 Å². The summed E-state index contributed by atoms with van der Waals surface area (Å²) in [6.45, 7) is -0.183. The number of likely N-dealkylation sites (N-methyl/N-ethyl adjacent to an activating group) is 1. The molecule has 8 nitrogen and oxygen atoms in total. The van der Waals surface area contributed by atoms with E-state index in [-0.39, 0.29) is 22.3 Å². The van der Waals surface area contributed by atoms with E-state index in [1.807, 2.05) is 0 Å². The van der Waals surface area contributed by atoms with Crippen molar-refractivity contribution in [2.75, 3.05) is 18.6 Å². The Kier molecular flexibility index (Phi) is 4.36. The third kappa shape index (κ3) is 3.24. The number of anilines is 1. The first-order valence-electron chi connectivity index (χ1n) is 8.48. The highest BCUT2D eigenvalue weighted by Gasteiger charge is 2.37. The molecule has 2 aromatic heterocycles. The van der Waals surface area contributed by atoms with Gasteiger partial charge in [-0.15, -0.1) is 13.2 Å². The normalized spacial score (nSPS) is 16.9. The summed E-state index contributed by atoms with van der Waals surface area (Å²) in [5.74, 6) is -0.984. The fourth-order valence-corrected chi connectivity index (χ4v) is 3.08. The zero-order chi connectivity index (χ0) is 20.8. The minimum Gasteiger partial charge on any atom is -0.489 e. The van der Waals surface area contributed by atoms with Crippen molar-refractivity contribution >= 4 is 28.5 Å². The second-order valence-corrected chi connectivity index (χ2v) is 6.30. The first-order valence-corrected chi connectivity index (χ1v) is 8.48. The van der Waals surface area contributed by atoms with Gasteiger partial charge in [-0.3, -0.25) is 14.6 Å². The van der Waals surface area contributed by atoms with Gasteiger partial charge >= 0.3 is 6.30 Å². The lowest BCUT2D eigenvalue weighted by Crippen LogP contribution is -2.49. The van der Waals surface area contributed by atoms with Crippen LogP contribution >= 0.6 is 0 Å². The van der Waals surface area contributed by atoms with Gasteiger partial charge in [0.25, 0.3) is 11.8 Å². The molecule has 0 bridgehead atoms. The number of hydrogen-bond acceptors (Lipinski definition) is 5. The molecular weight excluding hydrogens is 391 g/mol. The Morgan fingerprint density at radius 1 is 1.24 bits per heavy atom. The predicted molar refractivity (Wildman–Crippen MR) is 95.4 cm³/mol. The van der Waals surface area contributed by atoms with Crippen molar-refractivity contribution < 1.29 is 27.5 Å². The molecule has 3 heterocycles. The summed E-state index contributed by atoms with van der Waals surface area (Å²) in [5, 5.41) is 5.79. The van der Waals surface area contributed by atoms with Crippen LogP contribution < -0.4 is 15.0 Å². The number of hydrogen-bond donors (Lipinski definition) is 1. The number of fused-ring (bicyclic) bond motifs is 2. The van der Waals surface area contributed by atoms with E-state index in [1.165, 1.54) is 24.2 Å². The number of ether oxygens (including phenoxy) is 1. The highest BCUT2D eigenvalue weighted by molar-refractivity contribution is 6.07. The van der Waals surface area contributed by atoms with Crippen LogP contribution in [0, 0.1) is 0 Å². The van der Waals surface area contributed by atoms with Gasteiger partial charge in [0.15, 0.2) is 5.69 Å². The quantitative estimate of drug-likeness (QED) is 0.705. The Balaban J connectivity index is 1.65. The summed E-state index contributed by atoms with van der Waals surface area (Å²) in [6, 6.07) is 8.16. The monoisotopic (exact) mass is 405 g/mol. The van der Waals surface area contributed by atoms with E-state index in [4.69, 9.17) is 4.74 Å². The van der Waals surface area contributed by atoms with Crippen LogP contribution in [0.1, 0.15) is 10.5 Å². The van der Waals surface area contributed by atoms with Crippen LogP contribution in [0.15, 0.2) is 42.6 Å². The van der Waals surface area contributed by atoms with E-state index >= 15 is 0 Å². The molecule has 11 heteroatoms. The molecule has 0 aliphatic carbocycles. The molecule has 1 aliphatic heterocycles. The number of carbonyl (C=O) groups excluding carboxylic acids is 2. The minimum atomic E-state index is -4.83. The number of halogens is 3. The lowest BCUT2D eigenvalue weighted by molar-refractivity contribution is -0.209. The molecule has 0 fully saturated rings. The average Bonchev–Trinajstić information content (AvgIpc) is 3.05. The first kappa shape index (κ1) is 18.7. The molecule has 1 aliphatic rings. The maximum atomic E-state index is 13.2. The van der Waals surface area contributed by atoms with Gasteiger partial charge in [0.2, 0.25) is 0 Å². The summed E-state index contributed by atoms with van der Waals surface area (Å²) in [7, 11) is 1.52. The SMILES string of the molecule is CN1C(=O)[C@@H](NC(=O)c2nn(C(F)(F)F)c3cccnc23)COc2ccccc21. The van der Waals surface area contributed by atoms with Gasteiger partial charge in [0.1, 0.15) is 23.9 Å². The topological polar surface area (TPSA) is 89.4 Å². The summed E-state index contributed by atoms with van der Waals surface area (Å²) >= 11 is 0. The van der Waals surface area contributed by atoms with Crippen molar-refractivity contribution in [2.24, 2.45) is 0 Å². The molecule has 1 aromatic carbocycles. The van der Waals surface area contributed by atoms with Crippen LogP contribution in [0.4, 0.5) is 18.9 Å². The van der Waals surface area contributed by atoms with Crippen molar-refractivity contribution in [1.29, 1.82) is 0 Å². The Morgan fingerprint density at radius 3 is 2.76 bits per heavy atom. The Bertz CT molecular complexity index is 1110. The molecule has 0 radical (unpaired) electrons. The predicted octanol–water partition coefficient (Wildman–Crippen LogP) is 2.06. The summed E-state index contributed by atoms with van der Waals surface area (Å²) in [5.41, 5.74) is -0.600. The van der Waals surface area contributed by atoms with E-state index in [1.54, 1.807) is 24.3 Å². The molecule has 1 N–H and O–H groups in total. The minimum absolute atomic E-state index is 0.183. The highest BCUT2D eigenvalue weighted by atomic mass is 19.4. The van der Waals surface area contributed by atoms with Gasteiger partial charge in [-0.2, -0.15) is 9.78 Å². The second-order valence-electron chi connectivity index (χ2n) is 6.30. The van der Waals surface area contributed by atoms with Gasteiger partial charge in [0, 0.05) is 13.2 Å². The van der Waals surface area contributed by atoms with Crippen molar-refractivity contribution in [1.82, 2.24) is 20.1 Å². The molecule has 1 atom stereocenters. The van der Waals surface area contributed by atoms with Gasteiger partial charge in [0.05, 0.1) is 11.2 Å². The molecular formula is C18H14F3N5O3. The first-order chi connectivity index (χ1) is 13.8. The number of alkyl halides is 3. The van der Waals surface area contributed by atoms with Crippen LogP contribution in [0.25, 0.3) is 11.0 Å². The molecule has 0 unspecified atom stereocenters. The maximum Gasteiger partial charge on any atom is 0.505 e. The van der Waals surface area contributed by atoms with E-state index in [0.717, 1.165) is 6.07 Å². The Hall–Kier alpha value is -3.63. The number of carbonyl (C=O) groups is 2. The van der Waals surface area contributed by atoms with Gasteiger partial charge in [-0.25, -0.2) is 0 Å². The largest absolute Gasteiger partial charge is 0.505 e. The van der Waals surface area contributed by atoms with Crippen molar-refractivity contribution in [3.8, 4) is 5.75 Å². The zero-order valence-corrected chi connectivity index (χ0v) is 15.0. The third-order valence-corrected chi connectivity index (χ3v) is 4.46. The standard InChI is InChI=1S/C18H14F3N5O3/c1-25-11-5-2-3-7-13(11)29-9-10(17(25)28)23-16(27)15-14-12(6-4-8-22-14)26(24-15)18(19,20)21/h2-8,10H,9H2,1H3,(H,23,27)/t10-/m0/s1. The summed E-state index contributed by atoms with van der Waals surface area (Å²) in [6.07, 6.45) is -3.57. The van der Waals surface area contributed by atoms with Crippen LogP contribution in [0.2, 0.25) is 0 Å². The van der Waals surface area contributed by atoms with Crippen molar-refractivity contribution in [3.63, 3.8) is 0 Å². The molecule has 0 saturated carbocycles. The smallest absolute Gasteiger partial charge is 0.489 e. The number of nitrogens with one attached hydrogen (secondary N) is 1. The number of benzene rings is 1. The fraction of sp³-hybridized carbons (Fsp3) is 0.222. The summed E-state index contributed by atoms with van der Waals surface area (Å²) in [4.78, 5) is 30.6. The second kappa shape index (κ2) is 6.76. The van der Waals surface area contributed by atoms with Crippen LogP contribution in [0.3, 0.4) is 0 Å². The number of rotatable bonds is 2. The molecule has 4 rings (SSSR count). The van der Waals surface area contributed by atoms with E-state index in [9.17, 15) is 22.8 Å². The van der Waals surface area contributed by atoms with Crippen molar-refractivity contribution in [2.45, 2.75) is 12.3 Å². The van der Waals surface area contributed by atoms with E-state index in [2.05, 4.69) is 15.4 Å². The molecule has 29 heavy (non-hydrogen) atoms. The molecule has 0 spiro atoms. The highest BCUT2D eigenvalue weighted by Crippen LogP contribution is 2.30. The lowest BCUT2D eigenvalue weighted by atomic mass is 10.2. The van der Waals surface area contributed by atoms with Crippen molar-refractivity contribution in [3.05, 3.63) is 48.3 Å². The zero-order valence-electron chi connectivity index (χ0n) is 15.0. The molecule has 0 saturated heterocycles. The lowest BCUT2D eigenvalue weighted by Gasteiger charge is -2.20. The Labute approximate surface area is 161 Å². The van der Waals surface area contributed by atoms with Crippen LogP contribution in [-0.2, 0) is 11.1 Å². The van der Waals surface area contributed by atoms with E-state index in [0.29, 0.717) is 11.4 Å². The molecule has 150 valence electrons. The average molecular weight is 405 g/mol. The Morgan fingerprint density at radius 2 is 2.00 bits per heavy atom. The number of para-hydroxylation sites is 2. The number of amides is 2. The van der Waals surface area contributed by atoms with Crippen LogP contribution in [-0.4, -0.2) is 46.3 Å². The van der Waals surface area contributed by atoms with Crippen LogP contribution in [0.5, 0.6) is 5.75 Å². The maximum absolute atomic E-state index is 13.2. The molecule has 3 aromatic rings. The number of pyridine rings is 1. The molecule has 2 amide bonds.